The van der Waals surface area contributed by atoms with Crippen LogP contribution in [0.5, 0.6) is 0 Å². The SMILES string of the molecule is CC.CC(C)(C)OC(=O)Nc1cc(C(F)(F)F)c2nc1-c1nnc(o1)C(OCc1ccccc1)(C(F)(F)F)CC/C=C\CCC2(O)C(F)(F)F. The fourth-order valence-corrected chi connectivity index (χ4v) is 4.77. The van der Waals surface area contributed by atoms with Crippen molar-refractivity contribution < 1.29 is 63.3 Å². The molecular formula is C32H35F9N4O5. The van der Waals surface area contributed by atoms with E-state index >= 15 is 0 Å². The van der Waals surface area contributed by atoms with Crippen LogP contribution < -0.4 is 5.32 Å². The summed E-state index contributed by atoms with van der Waals surface area (Å²) in [6.07, 6.45) is -19.5. The van der Waals surface area contributed by atoms with Crippen LogP contribution in [0, 0.1) is 0 Å². The van der Waals surface area contributed by atoms with Gasteiger partial charge < -0.3 is 19.0 Å². The molecule has 9 nitrogen and oxygen atoms in total. The van der Waals surface area contributed by atoms with Gasteiger partial charge in [0.05, 0.1) is 23.6 Å². The molecule has 2 unspecified atom stereocenters. The highest BCUT2D eigenvalue weighted by Gasteiger charge is 2.62. The van der Waals surface area contributed by atoms with Gasteiger partial charge in [0, 0.05) is 0 Å². The molecule has 2 N–H and O–H groups in total. The normalized spacial score (nSPS) is 20.9. The van der Waals surface area contributed by atoms with E-state index in [0.717, 1.165) is 12.2 Å². The summed E-state index contributed by atoms with van der Waals surface area (Å²) >= 11 is 0. The minimum absolute atomic E-state index is 0.0206. The number of amides is 1. The zero-order valence-corrected chi connectivity index (χ0v) is 27.5. The van der Waals surface area contributed by atoms with Crippen LogP contribution in [0.4, 0.5) is 50.0 Å². The molecule has 50 heavy (non-hydrogen) atoms. The molecule has 3 heterocycles. The van der Waals surface area contributed by atoms with Gasteiger partial charge in [0.1, 0.15) is 5.60 Å². The quantitative estimate of drug-likeness (QED) is 0.202. The van der Waals surface area contributed by atoms with Crippen molar-refractivity contribution in [2.45, 2.75) is 102 Å². The number of allylic oxidation sites excluding steroid dienone is 2. The van der Waals surface area contributed by atoms with Gasteiger partial charge in [-0.05, 0) is 58.1 Å². The maximum atomic E-state index is 14.9. The van der Waals surface area contributed by atoms with E-state index in [1.807, 2.05) is 19.2 Å². The van der Waals surface area contributed by atoms with Gasteiger partial charge in [0.25, 0.3) is 11.8 Å². The Morgan fingerprint density at radius 2 is 1.52 bits per heavy atom. The topological polar surface area (TPSA) is 120 Å². The van der Waals surface area contributed by atoms with E-state index in [1.54, 1.807) is 18.2 Å². The smallest absolute Gasteiger partial charge is 0.426 e. The molecule has 2 atom stereocenters. The molecule has 18 heteroatoms. The van der Waals surface area contributed by atoms with E-state index in [0.29, 0.717) is 5.56 Å². The van der Waals surface area contributed by atoms with E-state index in [-0.39, 0.29) is 6.07 Å². The molecule has 0 saturated carbocycles. The Hall–Kier alpha value is -4.19. The number of aromatic nitrogens is 3. The summed E-state index contributed by atoms with van der Waals surface area (Å²) in [5.74, 6) is -2.37. The number of carbonyl (C=O) groups excluding carboxylic acids is 1. The maximum absolute atomic E-state index is 14.9. The summed E-state index contributed by atoms with van der Waals surface area (Å²) in [6.45, 7) is 7.57. The van der Waals surface area contributed by atoms with Crippen molar-refractivity contribution in [2.75, 3.05) is 5.32 Å². The van der Waals surface area contributed by atoms with E-state index in [9.17, 15) is 49.4 Å². The Kier molecular flexibility index (Phi) is 12.0. The zero-order chi connectivity index (χ0) is 37.8. The molecule has 1 aromatic carbocycles. The van der Waals surface area contributed by atoms with Crippen LogP contribution in [-0.2, 0) is 33.5 Å². The van der Waals surface area contributed by atoms with Gasteiger partial charge in [0.2, 0.25) is 11.2 Å². The molecule has 0 saturated heterocycles. The Morgan fingerprint density at radius 1 is 0.920 bits per heavy atom. The number of carbonyl (C=O) groups is 1. The van der Waals surface area contributed by atoms with E-state index in [2.05, 4.69) is 15.2 Å². The molecule has 4 rings (SSSR count). The molecule has 1 aliphatic rings. The predicted molar refractivity (Wildman–Crippen MR) is 160 cm³/mol. The molecule has 0 fully saturated rings. The first-order chi connectivity index (χ1) is 23.1. The van der Waals surface area contributed by atoms with Crippen molar-refractivity contribution in [1.82, 2.24) is 15.2 Å². The van der Waals surface area contributed by atoms with Crippen molar-refractivity contribution in [1.29, 1.82) is 0 Å². The lowest BCUT2D eigenvalue weighted by atomic mass is 9.88. The van der Waals surface area contributed by atoms with Gasteiger partial charge in [-0.15, -0.1) is 10.2 Å². The first-order valence-corrected chi connectivity index (χ1v) is 15.2. The number of nitrogens with one attached hydrogen (secondary N) is 1. The number of hydrogen-bond acceptors (Lipinski definition) is 8. The number of halogens is 9. The summed E-state index contributed by atoms with van der Waals surface area (Å²) in [5.41, 5.74) is -14.6. The minimum atomic E-state index is -5.74. The standard InChI is InChI=1S/C30H29F9N4O5.C2H6/c1-25(2,3)48-24(44)40-19-15-18(28(31,32)33)21-26(45,29(34,35)36)13-9-4-5-10-14-27(30(37,38)39,46-16-17-11-7-6-8-12-17)23-43-42-22(47-23)20(19)41-21;1-2/h4-8,11-12,15,45H,9-10,13-14,16H2,1-3H3,(H,40,44);1-2H3/b5-4-;. The van der Waals surface area contributed by atoms with Gasteiger partial charge in [0.15, 0.2) is 5.69 Å². The van der Waals surface area contributed by atoms with Crippen molar-refractivity contribution in [3.63, 3.8) is 0 Å². The number of fused-ring (bicyclic) bond motifs is 5. The van der Waals surface area contributed by atoms with Crippen molar-refractivity contribution in [3.05, 3.63) is 71.3 Å². The maximum Gasteiger partial charge on any atom is 0.426 e. The minimum Gasteiger partial charge on any atom is -0.444 e. The fourth-order valence-electron chi connectivity index (χ4n) is 4.77. The third-order valence-corrected chi connectivity index (χ3v) is 7.09. The molecule has 0 spiro atoms. The van der Waals surface area contributed by atoms with E-state index in [1.165, 1.54) is 32.9 Å². The molecule has 1 aliphatic heterocycles. The van der Waals surface area contributed by atoms with Crippen LogP contribution >= 0.6 is 0 Å². The second-order valence-corrected chi connectivity index (χ2v) is 11.8. The number of rotatable bonds is 4. The summed E-state index contributed by atoms with van der Waals surface area (Å²) in [7, 11) is 0. The van der Waals surface area contributed by atoms with Gasteiger partial charge in [-0.25, -0.2) is 9.78 Å². The molecule has 3 aromatic rings. The van der Waals surface area contributed by atoms with Crippen LogP contribution in [0.1, 0.15) is 83.0 Å². The fraction of sp³-hybridized carbons (Fsp3) is 0.500. The number of alkyl halides is 9. The lowest BCUT2D eigenvalue weighted by molar-refractivity contribution is -0.299. The zero-order valence-electron chi connectivity index (χ0n) is 27.5. The monoisotopic (exact) mass is 726 g/mol. The Labute approximate surface area is 280 Å². The summed E-state index contributed by atoms with van der Waals surface area (Å²) in [4.78, 5) is 16.1. The third kappa shape index (κ3) is 8.93. The van der Waals surface area contributed by atoms with Crippen molar-refractivity contribution in [2.24, 2.45) is 0 Å². The van der Waals surface area contributed by atoms with Gasteiger partial charge in [-0.2, -0.15) is 39.5 Å². The Morgan fingerprint density at radius 3 is 2.06 bits per heavy atom. The number of benzene rings is 1. The lowest BCUT2D eigenvalue weighted by Gasteiger charge is -2.33. The number of aliphatic hydroxyl groups is 1. The highest BCUT2D eigenvalue weighted by atomic mass is 19.4. The third-order valence-electron chi connectivity index (χ3n) is 7.09. The number of ether oxygens (including phenoxy) is 2. The lowest BCUT2D eigenvalue weighted by Crippen LogP contribution is -2.45. The summed E-state index contributed by atoms with van der Waals surface area (Å²) in [6, 6.07) is 7.71. The molecule has 1 amide bonds. The predicted octanol–water partition coefficient (Wildman–Crippen LogP) is 9.38. The molecule has 276 valence electrons. The van der Waals surface area contributed by atoms with E-state index in [4.69, 9.17) is 13.9 Å². The molecular weight excluding hydrogens is 691 g/mol. The highest BCUT2D eigenvalue weighted by Crippen LogP contribution is 2.50. The van der Waals surface area contributed by atoms with E-state index < -0.39 is 108 Å². The highest BCUT2D eigenvalue weighted by molar-refractivity contribution is 5.89. The number of anilines is 1. The average molecular weight is 727 g/mol. The second kappa shape index (κ2) is 15.0. The Balaban J connectivity index is 0.00000332. The van der Waals surface area contributed by atoms with Crippen LogP contribution in [0.15, 0.2) is 53.0 Å². The Bertz CT molecular complexity index is 1630. The molecule has 0 radical (unpaired) electrons. The number of nitrogens with zero attached hydrogens (tertiary/aromatic N) is 3. The summed E-state index contributed by atoms with van der Waals surface area (Å²) < 4.78 is 147. The largest absolute Gasteiger partial charge is 0.444 e. The van der Waals surface area contributed by atoms with Crippen LogP contribution in [-0.4, -0.2) is 44.3 Å². The number of pyridine rings is 1. The van der Waals surface area contributed by atoms with Gasteiger partial charge in [-0.3, -0.25) is 5.32 Å². The molecule has 4 bridgehead atoms. The number of hydrogen-bond donors (Lipinski definition) is 2. The average Bonchev–Trinajstić information content (AvgIpc) is 3.49. The molecule has 2 aromatic heterocycles. The van der Waals surface area contributed by atoms with Crippen molar-refractivity contribution in [3.8, 4) is 11.6 Å². The van der Waals surface area contributed by atoms with Gasteiger partial charge >= 0.3 is 24.6 Å². The van der Waals surface area contributed by atoms with Crippen LogP contribution in [0.3, 0.4) is 0 Å². The van der Waals surface area contributed by atoms with Gasteiger partial charge in [-0.1, -0.05) is 56.3 Å². The first-order valence-electron chi connectivity index (χ1n) is 15.2. The van der Waals surface area contributed by atoms with Crippen LogP contribution in [0.2, 0.25) is 0 Å². The van der Waals surface area contributed by atoms with Crippen LogP contribution in [0.25, 0.3) is 11.6 Å². The first kappa shape index (κ1) is 40.2. The molecule has 0 aliphatic carbocycles. The second-order valence-electron chi connectivity index (χ2n) is 11.8. The summed E-state index contributed by atoms with van der Waals surface area (Å²) in [5, 5.41) is 19.7. The van der Waals surface area contributed by atoms with Crippen molar-refractivity contribution >= 4 is 11.8 Å².